The van der Waals surface area contributed by atoms with Crippen molar-refractivity contribution in [2.24, 2.45) is 0 Å². The number of esters is 1. The van der Waals surface area contributed by atoms with E-state index in [0.29, 0.717) is 11.1 Å². The lowest BCUT2D eigenvalue weighted by Crippen LogP contribution is -2.15. The van der Waals surface area contributed by atoms with E-state index in [1.54, 1.807) is 18.2 Å². The Labute approximate surface area is 143 Å². The maximum Gasteiger partial charge on any atom is 0.338 e. The molecule has 0 fully saturated rings. The zero-order valence-corrected chi connectivity index (χ0v) is 14.9. The number of ketones is 1. The lowest BCUT2D eigenvalue weighted by molar-refractivity contribution is 0.0474. The molecule has 2 aromatic rings. The first-order chi connectivity index (χ1) is 10.4. The Morgan fingerprint density at radius 3 is 2.36 bits per heavy atom. The Hall–Kier alpha value is -1.69. The molecule has 0 unspecified atom stereocenters. The number of hydrogen-bond donors (Lipinski definition) is 0. The fourth-order valence-corrected chi connectivity index (χ4v) is 2.71. The van der Waals surface area contributed by atoms with Crippen molar-refractivity contribution in [2.45, 2.75) is 20.8 Å². The summed E-state index contributed by atoms with van der Waals surface area (Å²) in [6.45, 7) is 5.62. The summed E-state index contributed by atoms with van der Waals surface area (Å²) < 4.78 is 6.08. The van der Waals surface area contributed by atoms with Gasteiger partial charge in [0.1, 0.15) is 0 Å². The molecule has 2 rings (SSSR count). The highest BCUT2D eigenvalue weighted by Crippen LogP contribution is 2.16. The zero-order chi connectivity index (χ0) is 16.3. The number of aryl methyl sites for hydroxylation is 3. The molecular formula is C18H17IO3. The highest BCUT2D eigenvalue weighted by Gasteiger charge is 2.14. The Morgan fingerprint density at radius 2 is 1.68 bits per heavy atom. The second-order valence-electron chi connectivity index (χ2n) is 5.26. The van der Waals surface area contributed by atoms with Gasteiger partial charge in [-0.05, 0) is 84.3 Å². The highest BCUT2D eigenvalue weighted by molar-refractivity contribution is 14.1. The van der Waals surface area contributed by atoms with Gasteiger partial charge in [-0.25, -0.2) is 4.79 Å². The Balaban J connectivity index is 2.07. The molecule has 0 aliphatic rings. The van der Waals surface area contributed by atoms with Crippen molar-refractivity contribution >= 4 is 34.3 Å². The number of rotatable bonds is 4. The molecule has 0 heterocycles. The summed E-state index contributed by atoms with van der Waals surface area (Å²) in [6, 6.07) is 10.9. The van der Waals surface area contributed by atoms with Crippen molar-refractivity contribution < 1.29 is 14.3 Å². The molecule has 0 aromatic heterocycles. The molecule has 0 atom stereocenters. The van der Waals surface area contributed by atoms with Crippen molar-refractivity contribution in [1.82, 2.24) is 0 Å². The topological polar surface area (TPSA) is 43.4 Å². The summed E-state index contributed by atoms with van der Waals surface area (Å²) in [6.07, 6.45) is 0. The molecule has 4 heteroatoms. The number of hydrogen-bond acceptors (Lipinski definition) is 3. The molecule has 3 nitrogen and oxygen atoms in total. The first-order valence-corrected chi connectivity index (χ1v) is 8.00. The molecule has 0 aliphatic carbocycles. The van der Waals surface area contributed by atoms with Gasteiger partial charge in [0.15, 0.2) is 6.61 Å². The molecule has 0 saturated heterocycles. The Bertz CT molecular complexity index is 735. The predicted molar refractivity (Wildman–Crippen MR) is 94.4 cm³/mol. The van der Waals surface area contributed by atoms with Crippen molar-refractivity contribution in [2.75, 3.05) is 6.61 Å². The molecule has 0 aliphatic heterocycles. The first kappa shape index (κ1) is 16.7. The molecule has 0 bridgehead atoms. The van der Waals surface area contributed by atoms with Crippen LogP contribution in [0.1, 0.15) is 37.4 Å². The number of Topliss-reactive ketones (excluding diaryl/α,β-unsaturated/α-hetero) is 1. The predicted octanol–water partition coefficient (Wildman–Crippen LogP) is 4.26. The lowest BCUT2D eigenvalue weighted by Gasteiger charge is -2.09. The maximum absolute atomic E-state index is 12.3. The van der Waals surface area contributed by atoms with Gasteiger partial charge in [0.25, 0.3) is 0 Å². The van der Waals surface area contributed by atoms with Crippen molar-refractivity contribution in [1.29, 1.82) is 0 Å². The molecule has 0 N–H and O–H groups in total. The van der Waals surface area contributed by atoms with Crippen molar-refractivity contribution in [3.05, 3.63) is 67.8 Å². The normalized spacial score (nSPS) is 10.4. The largest absolute Gasteiger partial charge is 0.454 e. The van der Waals surface area contributed by atoms with Crippen LogP contribution in [0.3, 0.4) is 0 Å². The van der Waals surface area contributed by atoms with Crippen LogP contribution >= 0.6 is 22.6 Å². The third-order valence-electron chi connectivity index (χ3n) is 3.54. The third kappa shape index (κ3) is 3.94. The van der Waals surface area contributed by atoms with E-state index < -0.39 is 5.97 Å². The number of ether oxygens (including phenoxy) is 1. The molecule has 0 spiro atoms. The Morgan fingerprint density at radius 1 is 1.00 bits per heavy atom. The summed E-state index contributed by atoms with van der Waals surface area (Å²) in [5.74, 6) is -0.659. The number of carbonyl (C=O) groups is 2. The molecule has 0 amide bonds. The van der Waals surface area contributed by atoms with Crippen LogP contribution in [0.4, 0.5) is 0 Å². The van der Waals surface area contributed by atoms with Crippen LogP contribution in [0.5, 0.6) is 0 Å². The van der Waals surface area contributed by atoms with Gasteiger partial charge in [-0.15, -0.1) is 0 Å². The van der Waals surface area contributed by atoms with Crippen LogP contribution in [-0.2, 0) is 4.74 Å². The van der Waals surface area contributed by atoms with E-state index in [2.05, 4.69) is 22.6 Å². The van der Waals surface area contributed by atoms with Crippen LogP contribution in [0.2, 0.25) is 0 Å². The number of benzene rings is 2. The van der Waals surface area contributed by atoms with Crippen molar-refractivity contribution in [3.63, 3.8) is 0 Å². The average molecular weight is 408 g/mol. The van der Waals surface area contributed by atoms with E-state index in [0.717, 1.165) is 20.3 Å². The third-order valence-corrected chi connectivity index (χ3v) is 4.21. The standard InChI is InChI=1S/C18H17IO3/c1-11-7-13(3)16(8-12(11)2)17(20)10-22-18(21)14-5-4-6-15(19)9-14/h4-9H,10H2,1-3H3. The summed E-state index contributed by atoms with van der Waals surface area (Å²) >= 11 is 2.13. The summed E-state index contributed by atoms with van der Waals surface area (Å²) in [5.41, 5.74) is 4.16. The van der Waals surface area contributed by atoms with Crippen LogP contribution in [0.15, 0.2) is 36.4 Å². The molecule has 0 radical (unpaired) electrons. The summed E-state index contributed by atoms with van der Waals surface area (Å²) in [4.78, 5) is 24.2. The monoisotopic (exact) mass is 408 g/mol. The average Bonchev–Trinajstić information content (AvgIpc) is 2.48. The van der Waals surface area contributed by atoms with Crippen LogP contribution in [0, 0.1) is 24.3 Å². The zero-order valence-electron chi connectivity index (χ0n) is 12.8. The lowest BCUT2D eigenvalue weighted by atomic mass is 9.98. The molecule has 22 heavy (non-hydrogen) atoms. The summed E-state index contributed by atoms with van der Waals surface area (Å²) in [7, 11) is 0. The quantitative estimate of drug-likeness (QED) is 0.432. The maximum atomic E-state index is 12.3. The van der Waals surface area contributed by atoms with Gasteiger partial charge in [-0.2, -0.15) is 0 Å². The van der Waals surface area contributed by atoms with Gasteiger partial charge in [-0.3, -0.25) is 4.79 Å². The van der Waals surface area contributed by atoms with Gasteiger partial charge in [0.05, 0.1) is 5.56 Å². The highest BCUT2D eigenvalue weighted by atomic mass is 127. The first-order valence-electron chi connectivity index (χ1n) is 6.92. The van der Waals surface area contributed by atoms with Crippen LogP contribution in [0.25, 0.3) is 0 Å². The van der Waals surface area contributed by atoms with Crippen molar-refractivity contribution in [3.8, 4) is 0 Å². The van der Waals surface area contributed by atoms with Gasteiger partial charge in [0, 0.05) is 9.13 Å². The van der Waals surface area contributed by atoms with E-state index >= 15 is 0 Å². The minimum atomic E-state index is -0.478. The van der Waals surface area contributed by atoms with Gasteiger partial charge in [0.2, 0.25) is 5.78 Å². The fraction of sp³-hybridized carbons (Fsp3) is 0.222. The summed E-state index contributed by atoms with van der Waals surface area (Å²) in [5, 5.41) is 0. The minimum absolute atomic E-state index is 0.181. The van der Waals surface area contributed by atoms with E-state index in [4.69, 9.17) is 4.74 Å². The second kappa shape index (κ2) is 7.05. The van der Waals surface area contributed by atoms with Crippen LogP contribution < -0.4 is 0 Å². The van der Waals surface area contributed by atoms with E-state index in [1.807, 2.05) is 39.0 Å². The van der Waals surface area contributed by atoms with Gasteiger partial charge in [-0.1, -0.05) is 12.1 Å². The minimum Gasteiger partial charge on any atom is -0.454 e. The molecule has 114 valence electrons. The van der Waals surface area contributed by atoms with E-state index in [-0.39, 0.29) is 12.4 Å². The van der Waals surface area contributed by atoms with Gasteiger partial charge < -0.3 is 4.74 Å². The van der Waals surface area contributed by atoms with Crippen LogP contribution in [-0.4, -0.2) is 18.4 Å². The fourth-order valence-electron chi connectivity index (χ4n) is 2.17. The second-order valence-corrected chi connectivity index (χ2v) is 6.51. The molecular weight excluding hydrogens is 391 g/mol. The SMILES string of the molecule is Cc1cc(C)c(C(=O)COC(=O)c2cccc(I)c2)cc1C. The van der Waals surface area contributed by atoms with Gasteiger partial charge >= 0.3 is 5.97 Å². The van der Waals surface area contributed by atoms with E-state index in [1.165, 1.54) is 0 Å². The molecule has 0 saturated carbocycles. The number of halogens is 1. The molecule has 2 aromatic carbocycles. The van der Waals surface area contributed by atoms with E-state index in [9.17, 15) is 9.59 Å². The Kier molecular flexibility index (Phi) is 5.34. The number of carbonyl (C=O) groups excluding carboxylic acids is 2. The smallest absolute Gasteiger partial charge is 0.338 e.